The number of hydrogen-bond acceptors (Lipinski definition) is 2. The molecule has 0 spiro atoms. The van der Waals surface area contributed by atoms with Crippen LogP contribution in [0.25, 0.3) is 0 Å². The van der Waals surface area contributed by atoms with Gasteiger partial charge in [-0.25, -0.2) is 0 Å². The topological polar surface area (TPSA) is 22.9 Å². The minimum atomic E-state index is 0.593. The smallest absolute Gasteiger partial charge is 0.122 e. The van der Waals surface area contributed by atoms with Crippen LogP contribution in [0.15, 0.2) is 30.9 Å². The van der Waals surface area contributed by atoms with Crippen LogP contribution in [0, 0.1) is 6.92 Å². The van der Waals surface area contributed by atoms with Crippen molar-refractivity contribution in [1.82, 2.24) is 0 Å². The third kappa shape index (κ3) is 6.41. The molecule has 106 valence electrons. The Morgan fingerprint density at radius 1 is 1.21 bits per heavy atom. The van der Waals surface area contributed by atoms with Crippen molar-refractivity contribution in [3.8, 4) is 5.75 Å². The first-order valence-electron chi connectivity index (χ1n) is 6.83. The number of benzene rings is 1. The van der Waals surface area contributed by atoms with Gasteiger partial charge in [-0.05, 0) is 25.0 Å². The highest BCUT2D eigenvalue weighted by Crippen LogP contribution is 2.20. The number of allylic oxidation sites excluding steroid dienone is 1. The molecule has 0 heterocycles. The second kappa shape index (κ2) is 8.73. The van der Waals surface area contributed by atoms with E-state index in [9.17, 15) is 0 Å². The van der Waals surface area contributed by atoms with Gasteiger partial charge < -0.3 is 14.4 Å². The Bertz CT molecular complexity index is 388. The average molecular weight is 264 g/mol. The molecule has 1 aromatic carbocycles. The Labute approximate surface area is 116 Å². The first kappa shape index (κ1) is 15.7. The molecule has 0 saturated carbocycles. The summed E-state index contributed by atoms with van der Waals surface area (Å²) in [6, 6.07) is 6.24. The second-order valence-corrected chi connectivity index (χ2v) is 5.02. The Morgan fingerprint density at radius 3 is 2.68 bits per heavy atom. The first-order valence-corrected chi connectivity index (χ1v) is 6.83. The van der Waals surface area contributed by atoms with Crippen LogP contribution in [0.1, 0.15) is 11.1 Å². The summed E-state index contributed by atoms with van der Waals surface area (Å²) >= 11 is 0. The van der Waals surface area contributed by atoms with E-state index in [1.54, 1.807) is 0 Å². The third-order valence-electron chi connectivity index (χ3n) is 2.81. The summed E-state index contributed by atoms with van der Waals surface area (Å²) in [5.41, 5.74) is 2.43. The molecular formula is C16H26NO2+. The quantitative estimate of drug-likeness (QED) is 0.536. The molecule has 0 radical (unpaired) electrons. The van der Waals surface area contributed by atoms with Crippen LogP contribution in [0.5, 0.6) is 5.75 Å². The lowest BCUT2D eigenvalue weighted by Gasteiger charge is -2.12. The van der Waals surface area contributed by atoms with E-state index in [0.717, 1.165) is 25.3 Å². The van der Waals surface area contributed by atoms with Crippen molar-refractivity contribution in [1.29, 1.82) is 0 Å². The molecule has 0 aromatic heterocycles. The molecule has 0 fully saturated rings. The molecule has 3 nitrogen and oxygen atoms in total. The van der Waals surface area contributed by atoms with Crippen LogP contribution in [0.2, 0.25) is 0 Å². The monoisotopic (exact) mass is 264 g/mol. The average Bonchev–Trinajstić information content (AvgIpc) is 2.36. The Kier molecular flexibility index (Phi) is 7.23. The normalized spacial score (nSPS) is 10.7. The standard InChI is InChI=1S/C16H25NO2/c1-5-6-15-13-14(2)7-8-16(15)19-12-11-18-10-9-17(3)4/h5,7-8,13H,1,6,9-12H2,2-4H3/p+1. The van der Waals surface area contributed by atoms with Gasteiger partial charge in [0, 0.05) is 0 Å². The summed E-state index contributed by atoms with van der Waals surface area (Å²) in [5.74, 6) is 0.937. The molecule has 0 aliphatic heterocycles. The van der Waals surface area contributed by atoms with Gasteiger partial charge in [0.25, 0.3) is 0 Å². The van der Waals surface area contributed by atoms with E-state index >= 15 is 0 Å². The van der Waals surface area contributed by atoms with Gasteiger partial charge in [-0.2, -0.15) is 0 Å². The van der Waals surface area contributed by atoms with E-state index in [4.69, 9.17) is 9.47 Å². The molecule has 1 aromatic rings. The second-order valence-electron chi connectivity index (χ2n) is 5.02. The lowest BCUT2D eigenvalue weighted by Crippen LogP contribution is -3.06. The van der Waals surface area contributed by atoms with Crippen molar-refractivity contribution in [2.24, 2.45) is 0 Å². The zero-order valence-electron chi connectivity index (χ0n) is 12.4. The van der Waals surface area contributed by atoms with Gasteiger partial charge in [0.1, 0.15) is 18.9 Å². The van der Waals surface area contributed by atoms with Crippen molar-refractivity contribution >= 4 is 0 Å². The molecule has 1 N–H and O–H groups in total. The van der Waals surface area contributed by atoms with Crippen LogP contribution in [-0.2, 0) is 11.2 Å². The van der Waals surface area contributed by atoms with Gasteiger partial charge >= 0.3 is 0 Å². The van der Waals surface area contributed by atoms with E-state index in [0.29, 0.717) is 13.2 Å². The van der Waals surface area contributed by atoms with Gasteiger partial charge in [0.15, 0.2) is 0 Å². The zero-order valence-corrected chi connectivity index (χ0v) is 12.4. The molecule has 0 amide bonds. The highest BCUT2D eigenvalue weighted by Gasteiger charge is 2.03. The number of quaternary nitrogens is 1. The van der Waals surface area contributed by atoms with Crippen molar-refractivity contribution in [3.05, 3.63) is 42.0 Å². The number of hydrogen-bond donors (Lipinski definition) is 1. The largest absolute Gasteiger partial charge is 0.491 e. The van der Waals surface area contributed by atoms with E-state index < -0.39 is 0 Å². The van der Waals surface area contributed by atoms with E-state index in [1.807, 2.05) is 12.1 Å². The van der Waals surface area contributed by atoms with Gasteiger partial charge in [0.2, 0.25) is 0 Å². The number of rotatable bonds is 9. The Hall–Kier alpha value is -1.32. The minimum absolute atomic E-state index is 0.593. The number of aryl methyl sites for hydroxylation is 1. The maximum Gasteiger partial charge on any atom is 0.122 e. The summed E-state index contributed by atoms with van der Waals surface area (Å²) in [6.45, 7) is 8.89. The van der Waals surface area contributed by atoms with E-state index in [-0.39, 0.29) is 0 Å². The Morgan fingerprint density at radius 2 is 2.00 bits per heavy atom. The molecule has 0 saturated heterocycles. The number of nitrogens with one attached hydrogen (secondary N) is 1. The molecule has 19 heavy (non-hydrogen) atoms. The molecule has 0 atom stereocenters. The van der Waals surface area contributed by atoms with Crippen molar-refractivity contribution in [2.75, 3.05) is 40.5 Å². The number of likely N-dealkylation sites (N-methyl/N-ethyl adjacent to an activating group) is 1. The summed E-state index contributed by atoms with van der Waals surface area (Å²) in [5, 5.41) is 0. The minimum Gasteiger partial charge on any atom is -0.491 e. The van der Waals surface area contributed by atoms with Crippen molar-refractivity contribution in [3.63, 3.8) is 0 Å². The van der Waals surface area contributed by atoms with Crippen molar-refractivity contribution in [2.45, 2.75) is 13.3 Å². The summed E-state index contributed by atoms with van der Waals surface area (Å²) in [4.78, 5) is 1.40. The summed E-state index contributed by atoms with van der Waals surface area (Å²) < 4.78 is 11.3. The SMILES string of the molecule is C=CCc1cc(C)ccc1OCCOCC[NH+](C)C. The van der Waals surface area contributed by atoms with Crippen LogP contribution in [0.3, 0.4) is 0 Å². The highest BCUT2D eigenvalue weighted by molar-refractivity contribution is 5.38. The molecule has 0 aliphatic carbocycles. The first-order chi connectivity index (χ1) is 9.13. The predicted molar refractivity (Wildman–Crippen MR) is 79.1 cm³/mol. The molecule has 3 heteroatoms. The number of ether oxygens (including phenoxy) is 2. The lowest BCUT2D eigenvalue weighted by atomic mass is 10.1. The van der Waals surface area contributed by atoms with Crippen LogP contribution in [-0.4, -0.2) is 40.5 Å². The van der Waals surface area contributed by atoms with Gasteiger partial charge in [-0.1, -0.05) is 23.8 Å². The van der Waals surface area contributed by atoms with E-state index in [2.05, 4.69) is 39.7 Å². The van der Waals surface area contributed by atoms with Crippen LogP contribution >= 0.6 is 0 Å². The van der Waals surface area contributed by atoms with Crippen LogP contribution < -0.4 is 9.64 Å². The fraction of sp³-hybridized carbons (Fsp3) is 0.500. The zero-order chi connectivity index (χ0) is 14.1. The molecular weight excluding hydrogens is 238 g/mol. The maximum atomic E-state index is 5.77. The lowest BCUT2D eigenvalue weighted by molar-refractivity contribution is -0.858. The molecule has 0 unspecified atom stereocenters. The Balaban J connectivity index is 2.34. The predicted octanol–water partition coefficient (Wildman–Crippen LogP) is 1.26. The van der Waals surface area contributed by atoms with Gasteiger partial charge in [-0.3, -0.25) is 0 Å². The van der Waals surface area contributed by atoms with Crippen molar-refractivity contribution < 1.29 is 14.4 Å². The molecule has 0 bridgehead atoms. The summed E-state index contributed by atoms with van der Waals surface area (Å²) in [7, 11) is 4.24. The highest BCUT2D eigenvalue weighted by atomic mass is 16.5. The maximum absolute atomic E-state index is 5.77. The van der Waals surface area contributed by atoms with Gasteiger partial charge in [-0.15, -0.1) is 6.58 Å². The van der Waals surface area contributed by atoms with E-state index in [1.165, 1.54) is 16.0 Å². The van der Waals surface area contributed by atoms with Crippen LogP contribution in [0.4, 0.5) is 0 Å². The molecule has 1 rings (SSSR count). The summed E-state index contributed by atoms with van der Waals surface area (Å²) in [6.07, 6.45) is 2.74. The third-order valence-corrected chi connectivity index (χ3v) is 2.81. The fourth-order valence-corrected chi connectivity index (χ4v) is 1.75. The molecule has 0 aliphatic rings. The fourth-order valence-electron chi connectivity index (χ4n) is 1.75. The van der Waals surface area contributed by atoms with Gasteiger partial charge in [0.05, 0.1) is 27.3 Å².